The zero-order valence-electron chi connectivity index (χ0n) is 7.64. The van der Waals surface area contributed by atoms with Crippen LogP contribution in [0.25, 0.3) is 5.65 Å². The number of imidazole rings is 1. The number of aromatic nitrogens is 2. The fraction of sp³-hybridized carbons (Fsp3) is 0.222. The molecule has 0 fully saturated rings. The minimum absolute atomic E-state index is 0.00192. The lowest BCUT2D eigenvalue weighted by Gasteiger charge is -2.07. The Morgan fingerprint density at radius 1 is 1.33 bits per heavy atom. The number of rotatable bonds is 0. The van der Waals surface area contributed by atoms with Crippen molar-refractivity contribution in [2.45, 2.75) is 13.1 Å². The van der Waals surface area contributed by atoms with Crippen molar-refractivity contribution in [3.63, 3.8) is 0 Å². The molecule has 0 amide bonds. The molecule has 15 heavy (non-hydrogen) atoms. The predicted octanol–water partition coefficient (Wildman–Crippen LogP) is 3.31. The van der Waals surface area contributed by atoms with Crippen molar-refractivity contribution in [3.05, 3.63) is 34.7 Å². The lowest BCUT2D eigenvalue weighted by molar-refractivity contribution is -0.137. The van der Waals surface area contributed by atoms with E-state index in [9.17, 15) is 13.2 Å². The maximum atomic E-state index is 12.4. The van der Waals surface area contributed by atoms with E-state index < -0.39 is 11.7 Å². The second kappa shape index (κ2) is 3.13. The van der Waals surface area contributed by atoms with Crippen molar-refractivity contribution in [1.29, 1.82) is 0 Å². The molecule has 0 aliphatic heterocycles. The molecule has 0 aliphatic carbocycles. The summed E-state index contributed by atoms with van der Waals surface area (Å²) in [4.78, 5) is 4.00. The van der Waals surface area contributed by atoms with E-state index in [1.807, 2.05) is 0 Å². The van der Waals surface area contributed by atoms with Gasteiger partial charge in [-0.25, -0.2) is 4.98 Å². The molecule has 2 aromatic rings. The molecular formula is C9H6ClF3N2. The van der Waals surface area contributed by atoms with Gasteiger partial charge in [-0.3, -0.25) is 0 Å². The molecule has 0 saturated heterocycles. The summed E-state index contributed by atoms with van der Waals surface area (Å²) in [7, 11) is 0. The van der Waals surface area contributed by atoms with Gasteiger partial charge in [-0.2, -0.15) is 13.2 Å². The Bertz CT molecular complexity index is 516. The summed E-state index contributed by atoms with van der Waals surface area (Å²) in [5.74, 6) is 0. The van der Waals surface area contributed by atoms with Crippen LogP contribution in [0.5, 0.6) is 0 Å². The van der Waals surface area contributed by atoms with E-state index in [1.54, 1.807) is 6.92 Å². The van der Waals surface area contributed by atoms with Crippen molar-refractivity contribution in [2.24, 2.45) is 0 Å². The van der Waals surface area contributed by atoms with Crippen LogP contribution in [-0.4, -0.2) is 9.38 Å². The highest BCUT2D eigenvalue weighted by Gasteiger charge is 2.31. The first-order chi connectivity index (χ1) is 6.88. The molecule has 0 N–H and O–H groups in total. The lowest BCUT2D eigenvalue weighted by Crippen LogP contribution is -2.06. The summed E-state index contributed by atoms with van der Waals surface area (Å²) in [5, 5.41) is -0.00192. The first-order valence-electron chi connectivity index (χ1n) is 4.10. The summed E-state index contributed by atoms with van der Waals surface area (Å²) in [6.07, 6.45) is -1.92. The molecule has 0 radical (unpaired) electrons. The van der Waals surface area contributed by atoms with Gasteiger partial charge in [0.2, 0.25) is 0 Å². The molecule has 0 aromatic carbocycles. The summed E-state index contributed by atoms with van der Waals surface area (Å²) >= 11 is 5.70. The lowest BCUT2D eigenvalue weighted by atomic mass is 10.3. The monoisotopic (exact) mass is 234 g/mol. The van der Waals surface area contributed by atoms with Crippen molar-refractivity contribution < 1.29 is 13.2 Å². The van der Waals surface area contributed by atoms with E-state index in [-0.39, 0.29) is 5.02 Å². The molecule has 0 aliphatic rings. The smallest absolute Gasteiger partial charge is 0.305 e. The topological polar surface area (TPSA) is 17.3 Å². The Hall–Kier alpha value is -1.23. The third-order valence-electron chi connectivity index (χ3n) is 1.95. The third-order valence-corrected chi connectivity index (χ3v) is 2.23. The number of fused-ring (bicyclic) bond motifs is 1. The molecule has 0 saturated carbocycles. The average molecular weight is 235 g/mol. The van der Waals surface area contributed by atoms with Gasteiger partial charge in [-0.15, -0.1) is 0 Å². The molecule has 0 bridgehead atoms. The standard InChI is InChI=1S/C9H6ClF3N2/c1-5-3-15-4-6(9(11,12)13)2-7(10)8(15)14-5/h2-4H,1H3. The molecule has 2 rings (SSSR count). The largest absolute Gasteiger partial charge is 0.417 e. The third kappa shape index (κ3) is 1.79. The number of hydrogen-bond donors (Lipinski definition) is 0. The highest BCUT2D eigenvalue weighted by molar-refractivity contribution is 6.33. The van der Waals surface area contributed by atoms with Gasteiger partial charge in [-0.05, 0) is 13.0 Å². The maximum Gasteiger partial charge on any atom is 0.417 e. The van der Waals surface area contributed by atoms with Crippen molar-refractivity contribution in [3.8, 4) is 0 Å². The minimum Gasteiger partial charge on any atom is -0.305 e. The van der Waals surface area contributed by atoms with E-state index in [2.05, 4.69) is 4.98 Å². The quantitative estimate of drug-likeness (QED) is 0.684. The van der Waals surface area contributed by atoms with Crippen LogP contribution >= 0.6 is 11.6 Å². The number of hydrogen-bond acceptors (Lipinski definition) is 1. The predicted molar refractivity (Wildman–Crippen MR) is 49.9 cm³/mol. The summed E-state index contributed by atoms with van der Waals surface area (Å²) in [5.41, 5.74) is 0.177. The van der Waals surface area contributed by atoms with Crippen LogP contribution < -0.4 is 0 Å². The van der Waals surface area contributed by atoms with E-state index in [4.69, 9.17) is 11.6 Å². The molecule has 0 unspecified atom stereocenters. The Kier molecular flexibility index (Phi) is 2.15. The van der Waals surface area contributed by atoms with Crippen molar-refractivity contribution in [2.75, 3.05) is 0 Å². The van der Waals surface area contributed by atoms with Gasteiger partial charge < -0.3 is 4.40 Å². The van der Waals surface area contributed by atoms with Gasteiger partial charge >= 0.3 is 6.18 Å². The Balaban J connectivity index is 2.72. The molecule has 0 spiro atoms. The first-order valence-corrected chi connectivity index (χ1v) is 4.48. The number of halogens is 4. The molecule has 6 heteroatoms. The van der Waals surface area contributed by atoms with E-state index in [0.717, 1.165) is 12.3 Å². The van der Waals surface area contributed by atoms with Crippen LogP contribution in [0.1, 0.15) is 11.3 Å². The van der Waals surface area contributed by atoms with E-state index in [1.165, 1.54) is 10.6 Å². The molecule has 0 atom stereocenters. The summed E-state index contributed by atoms with van der Waals surface area (Å²) in [6.45, 7) is 1.69. The Morgan fingerprint density at radius 3 is 2.60 bits per heavy atom. The van der Waals surface area contributed by atoms with Crippen LogP contribution in [-0.2, 0) is 6.18 Å². The fourth-order valence-corrected chi connectivity index (χ4v) is 1.59. The number of pyridine rings is 1. The van der Waals surface area contributed by atoms with Gasteiger partial charge in [0, 0.05) is 12.4 Å². The number of aryl methyl sites for hydroxylation is 1. The minimum atomic E-state index is -4.39. The van der Waals surface area contributed by atoms with Crippen molar-refractivity contribution in [1.82, 2.24) is 9.38 Å². The number of alkyl halides is 3. The highest BCUT2D eigenvalue weighted by Crippen LogP contribution is 2.32. The van der Waals surface area contributed by atoms with Gasteiger partial charge in [-0.1, -0.05) is 11.6 Å². The molecule has 80 valence electrons. The SMILES string of the molecule is Cc1cn2cc(C(F)(F)F)cc(Cl)c2n1. The second-order valence-electron chi connectivity index (χ2n) is 3.19. The fourth-order valence-electron chi connectivity index (χ4n) is 1.33. The van der Waals surface area contributed by atoms with Crippen LogP contribution in [0.3, 0.4) is 0 Å². The Labute approximate surface area is 88.3 Å². The molecule has 2 heterocycles. The maximum absolute atomic E-state index is 12.4. The first kappa shape index (κ1) is 10.3. The van der Waals surface area contributed by atoms with E-state index in [0.29, 0.717) is 11.3 Å². The molecular weight excluding hydrogens is 229 g/mol. The molecule has 2 nitrogen and oxygen atoms in total. The highest BCUT2D eigenvalue weighted by atomic mass is 35.5. The van der Waals surface area contributed by atoms with Crippen LogP contribution in [0.15, 0.2) is 18.5 Å². The van der Waals surface area contributed by atoms with Crippen LogP contribution in [0, 0.1) is 6.92 Å². The summed E-state index contributed by atoms with van der Waals surface area (Å²) < 4.78 is 38.5. The van der Waals surface area contributed by atoms with Gasteiger partial charge in [0.1, 0.15) is 0 Å². The van der Waals surface area contributed by atoms with Gasteiger partial charge in [0.15, 0.2) is 5.65 Å². The van der Waals surface area contributed by atoms with Crippen molar-refractivity contribution >= 4 is 17.2 Å². The molecule has 2 aromatic heterocycles. The zero-order chi connectivity index (χ0) is 11.2. The van der Waals surface area contributed by atoms with Gasteiger partial charge in [0.05, 0.1) is 16.3 Å². The zero-order valence-corrected chi connectivity index (χ0v) is 8.39. The van der Waals surface area contributed by atoms with Gasteiger partial charge in [0.25, 0.3) is 0 Å². The number of nitrogens with zero attached hydrogens (tertiary/aromatic N) is 2. The van der Waals surface area contributed by atoms with E-state index >= 15 is 0 Å². The summed E-state index contributed by atoms with van der Waals surface area (Å²) in [6, 6.07) is 0.878. The average Bonchev–Trinajstić information content (AvgIpc) is 2.44. The normalized spacial score (nSPS) is 12.3. The van der Waals surface area contributed by atoms with Crippen LogP contribution in [0.2, 0.25) is 5.02 Å². The second-order valence-corrected chi connectivity index (χ2v) is 3.59. The Morgan fingerprint density at radius 2 is 2.00 bits per heavy atom. The van der Waals surface area contributed by atoms with Crippen LogP contribution in [0.4, 0.5) is 13.2 Å².